The van der Waals surface area contributed by atoms with Crippen LogP contribution in [0.25, 0.3) is 0 Å². The van der Waals surface area contributed by atoms with Gasteiger partial charge < -0.3 is 10.0 Å². The molecule has 0 aliphatic carbocycles. The summed E-state index contributed by atoms with van der Waals surface area (Å²) < 4.78 is 0. The maximum atomic E-state index is 11.4. The molecular formula is C10H11NO2. The number of hydrogen-bond donors (Lipinski definition) is 1. The number of carbonyl (C=O) groups is 1. The molecule has 1 aliphatic rings. The van der Waals surface area contributed by atoms with E-state index in [1.54, 1.807) is 4.90 Å². The first-order valence-electron chi connectivity index (χ1n) is 4.31. The van der Waals surface area contributed by atoms with Crippen LogP contribution in [0.4, 0.5) is 5.69 Å². The van der Waals surface area contributed by atoms with E-state index >= 15 is 0 Å². The third-order valence-corrected chi connectivity index (χ3v) is 2.17. The van der Waals surface area contributed by atoms with Crippen LogP contribution in [0.1, 0.15) is 6.42 Å². The quantitative estimate of drug-likeness (QED) is 0.688. The Kier molecular flexibility index (Phi) is 2.02. The topological polar surface area (TPSA) is 40.5 Å². The molecule has 1 aromatic carbocycles. The van der Waals surface area contributed by atoms with E-state index in [9.17, 15) is 9.90 Å². The molecule has 0 aromatic heterocycles. The van der Waals surface area contributed by atoms with Gasteiger partial charge in [0.2, 0.25) is 5.91 Å². The van der Waals surface area contributed by atoms with E-state index in [1.165, 1.54) is 0 Å². The first-order valence-corrected chi connectivity index (χ1v) is 4.31. The maximum absolute atomic E-state index is 11.4. The van der Waals surface area contributed by atoms with Crippen molar-refractivity contribution in [2.24, 2.45) is 0 Å². The second kappa shape index (κ2) is 3.18. The van der Waals surface area contributed by atoms with Gasteiger partial charge in [0.15, 0.2) is 0 Å². The zero-order chi connectivity index (χ0) is 9.26. The lowest BCUT2D eigenvalue weighted by Gasteiger charge is -2.14. The molecule has 0 bridgehead atoms. The van der Waals surface area contributed by atoms with E-state index in [0.29, 0.717) is 6.54 Å². The van der Waals surface area contributed by atoms with Gasteiger partial charge in [-0.15, -0.1) is 0 Å². The summed E-state index contributed by atoms with van der Waals surface area (Å²) in [5.74, 6) is -0.00120. The van der Waals surface area contributed by atoms with Crippen LogP contribution in [0.15, 0.2) is 30.3 Å². The Morgan fingerprint density at radius 3 is 2.54 bits per heavy atom. The van der Waals surface area contributed by atoms with E-state index in [0.717, 1.165) is 5.69 Å². The summed E-state index contributed by atoms with van der Waals surface area (Å²) in [5.41, 5.74) is 0.865. The number of aliphatic hydroxyl groups is 1. The van der Waals surface area contributed by atoms with Crippen LogP contribution in [0.2, 0.25) is 0 Å². The molecule has 1 aromatic rings. The lowest BCUT2D eigenvalue weighted by molar-refractivity contribution is -0.117. The minimum atomic E-state index is -0.507. The Morgan fingerprint density at radius 2 is 2.00 bits per heavy atom. The van der Waals surface area contributed by atoms with Gasteiger partial charge in [-0.25, -0.2) is 0 Å². The van der Waals surface area contributed by atoms with Crippen molar-refractivity contribution in [3.8, 4) is 0 Å². The zero-order valence-corrected chi connectivity index (χ0v) is 7.18. The molecule has 1 heterocycles. The Bertz CT molecular complexity index is 310. The summed E-state index contributed by atoms with van der Waals surface area (Å²) in [7, 11) is 0. The van der Waals surface area contributed by atoms with Gasteiger partial charge >= 0.3 is 0 Å². The second-order valence-corrected chi connectivity index (χ2v) is 3.20. The number of β-amino-alcohol motifs (C(OH)–C–C–N with tert-alkyl or cyclic N) is 1. The molecule has 3 nitrogen and oxygen atoms in total. The van der Waals surface area contributed by atoms with Crippen molar-refractivity contribution in [1.82, 2.24) is 0 Å². The Balaban J connectivity index is 2.23. The number of aliphatic hydroxyl groups excluding tert-OH is 1. The number of nitrogens with zero attached hydrogens (tertiary/aromatic N) is 1. The molecule has 68 valence electrons. The summed E-state index contributed by atoms with van der Waals surface area (Å²) >= 11 is 0. The molecule has 1 N–H and O–H groups in total. The fraction of sp³-hybridized carbons (Fsp3) is 0.300. The van der Waals surface area contributed by atoms with E-state index in [2.05, 4.69) is 0 Å². The number of rotatable bonds is 1. The molecule has 1 aliphatic heterocycles. The molecule has 13 heavy (non-hydrogen) atoms. The molecule has 0 radical (unpaired) electrons. The average Bonchev–Trinajstić information content (AvgIpc) is 2.47. The van der Waals surface area contributed by atoms with Gasteiger partial charge in [-0.05, 0) is 12.1 Å². The number of para-hydroxylation sites is 1. The van der Waals surface area contributed by atoms with Gasteiger partial charge in [0.1, 0.15) is 0 Å². The Morgan fingerprint density at radius 1 is 1.31 bits per heavy atom. The summed E-state index contributed by atoms with van der Waals surface area (Å²) in [4.78, 5) is 13.0. The van der Waals surface area contributed by atoms with Crippen molar-refractivity contribution in [3.63, 3.8) is 0 Å². The van der Waals surface area contributed by atoms with Crippen molar-refractivity contribution in [2.45, 2.75) is 12.5 Å². The first-order chi connectivity index (χ1) is 6.27. The third-order valence-electron chi connectivity index (χ3n) is 2.17. The van der Waals surface area contributed by atoms with Crippen molar-refractivity contribution < 1.29 is 9.90 Å². The van der Waals surface area contributed by atoms with Gasteiger partial charge in [0.25, 0.3) is 0 Å². The number of benzene rings is 1. The lowest BCUT2D eigenvalue weighted by atomic mass is 10.3. The van der Waals surface area contributed by atoms with E-state index in [4.69, 9.17) is 0 Å². The van der Waals surface area contributed by atoms with Crippen LogP contribution in [-0.2, 0) is 4.79 Å². The van der Waals surface area contributed by atoms with Gasteiger partial charge in [-0.3, -0.25) is 4.79 Å². The summed E-state index contributed by atoms with van der Waals surface area (Å²) in [5, 5.41) is 9.27. The molecule has 1 amide bonds. The van der Waals surface area contributed by atoms with Gasteiger partial charge in [-0.1, -0.05) is 18.2 Å². The second-order valence-electron chi connectivity index (χ2n) is 3.20. The Labute approximate surface area is 76.6 Å². The number of carbonyl (C=O) groups excluding carboxylic acids is 1. The predicted molar refractivity (Wildman–Crippen MR) is 49.4 cm³/mol. The summed E-state index contributed by atoms with van der Waals surface area (Å²) in [6.45, 7) is 0.419. The molecule has 0 saturated carbocycles. The maximum Gasteiger partial charge on any atom is 0.229 e. The normalized spacial score (nSPS) is 22.4. The smallest absolute Gasteiger partial charge is 0.229 e. The highest BCUT2D eigenvalue weighted by Gasteiger charge is 2.28. The SMILES string of the molecule is O=C1CC(O)CN1c1ccccc1. The fourth-order valence-electron chi connectivity index (χ4n) is 1.55. The number of anilines is 1. The Hall–Kier alpha value is -1.35. The minimum absolute atomic E-state index is 0.00120. The van der Waals surface area contributed by atoms with Crippen molar-refractivity contribution in [1.29, 1.82) is 0 Å². The highest BCUT2D eigenvalue weighted by atomic mass is 16.3. The van der Waals surface area contributed by atoms with Crippen molar-refractivity contribution in [2.75, 3.05) is 11.4 Å². The van der Waals surface area contributed by atoms with E-state index in [1.807, 2.05) is 30.3 Å². The van der Waals surface area contributed by atoms with E-state index < -0.39 is 6.10 Å². The molecule has 1 unspecified atom stereocenters. The molecule has 1 fully saturated rings. The van der Waals surface area contributed by atoms with E-state index in [-0.39, 0.29) is 12.3 Å². The molecule has 2 rings (SSSR count). The van der Waals surface area contributed by atoms with Crippen LogP contribution >= 0.6 is 0 Å². The molecular weight excluding hydrogens is 166 g/mol. The van der Waals surface area contributed by atoms with Gasteiger partial charge in [0, 0.05) is 5.69 Å². The highest BCUT2D eigenvalue weighted by molar-refractivity contribution is 5.95. The van der Waals surface area contributed by atoms with Crippen LogP contribution in [0.3, 0.4) is 0 Å². The summed E-state index contributed by atoms with van der Waals surface area (Å²) in [6, 6.07) is 9.41. The molecule has 3 heteroatoms. The van der Waals surface area contributed by atoms with Crippen LogP contribution < -0.4 is 4.90 Å². The predicted octanol–water partition coefficient (Wildman–Crippen LogP) is 0.784. The number of amides is 1. The van der Waals surface area contributed by atoms with Crippen molar-refractivity contribution >= 4 is 11.6 Å². The lowest BCUT2D eigenvalue weighted by Crippen LogP contribution is -2.24. The zero-order valence-electron chi connectivity index (χ0n) is 7.18. The monoisotopic (exact) mass is 177 g/mol. The fourth-order valence-corrected chi connectivity index (χ4v) is 1.55. The van der Waals surface area contributed by atoms with Gasteiger partial charge in [-0.2, -0.15) is 0 Å². The van der Waals surface area contributed by atoms with Crippen molar-refractivity contribution in [3.05, 3.63) is 30.3 Å². The molecule has 1 atom stereocenters. The summed E-state index contributed by atoms with van der Waals surface area (Å²) in [6.07, 6.45) is -0.262. The minimum Gasteiger partial charge on any atom is -0.391 e. The van der Waals surface area contributed by atoms with Crippen LogP contribution in [0.5, 0.6) is 0 Å². The third kappa shape index (κ3) is 1.55. The highest BCUT2D eigenvalue weighted by Crippen LogP contribution is 2.20. The largest absolute Gasteiger partial charge is 0.391 e. The first kappa shape index (κ1) is 8.26. The van der Waals surface area contributed by atoms with Gasteiger partial charge in [0.05, 0.1) is 19.1 Å². The average molecular weight is 177 g/mol. The van der Waals surface area contributed by atoms with Crippen LogP contribution in [-0.4, -0.2) is 23.7 Å². The number of hydrogen-bond acceptors (Lipinski definition) is 2. The standard InChI is InChI=1S/C10H11NO2/c12-9-6-10(13)11(7-9)8-4-2-1-3-5-8/h1-5,9,12H,6-7H2. The molecule has 1 saturated heterocycles. The molecule has 0 spiro atoms. The van der Waals surface area contributed by atoms with Crippen LogP contribution in [0, 0.1) is 0 Å².